The van der Waals surface area contributed by atoms with Crippen LogP contribution >= 0.6 is 0 Å². The highest BCUT2D eigenvalue weighted by Gasteiger charge is 2.25. The smallest absolute Gasteiger partial charge is 0.309 e. The average Bonchev–Trinajstić information content (AvgIpc) is 1.84. The molecule has 0 spiro atoms. The van der Waals surface area contributed by atoms with Crippen LogP contribution in [-0.2, 0) is 9.90 Å². The Morgan fingerprint density at radius 2 is 2.00 bits per heavy atom. The summed E-state index contributed by atoms with van der Waals surface area (Å²) in [5, 5.41) is 18.6. The Morgan fingerprint density at radius 3 is 2.30 bits per heavy atom. The topological polar surface area (TPSA) is 57.2 Å². The molecule has 0 aliphatic heterocycles. The van der Waals surface area contributed by atoms with Crippen molar-refractivity contribution in [3.05, 3.63) is 0 Å². The first kappa shape index (κ1) is 9.43. The molecule has 0 bridgehead atoms. The largest absolute Gasteiger partial charge is 0.481 e. The molecule has 0 aliphatic rings. The van der Waals surface area contributed by atoms with E-state index >= 15 is 0 Å². The predicted molar refractivity (Wildman–Crippen MR) is 36.2 cm³/mol. The minimum atomic E-state index is -0.832. The Morgan fingerprint density at radius 1 is 1.50 bits per heavy atom. The number of rotatable bonds is 4. The van der Waals surface area contributed by atoms with E-state index < -0.39 is 11.4 Å². The molecule has 3 heteroatoms. The molecule has 0 unspecified atom stereocenters. The summed E-state index contributed by atoms with van der Waals surface area (Å²) in [5.74, 6) is -0.832. The normalized spacial score (nSPS) is 11.5. The number of aliphatic carboxylic acids is 1. The Kier molecular flexibility index (Phi) is 3.36. The van der Waals surface area contributed by atoms with Gasteiger partial charge in [0.25, 0.3) is 0 Å². The van der Waals surface area contributed by atoms with Gasteiger partial charge in [-0.2, -0.15) is 0 Å². The first-order chi connectivity index (χ1) is 4.50. The maximum atomic E-state index is 10.4. The number of carboxylic acid groups (broad SMARTS) is 1. The van der Waals surface area contributed by atoms with Gasteiger partial charge in [-0.3, -0.25) is 4.79 Å². The van der Waals surface area contributed by atoms with Gasteiger partial charge in [0.15, 0.2) is 0 Å². The lowest BCUT2D eigenvalue weighted by Crippen LogP contribution is -2.23. The van der Waals surface area contributed by atoms with Gasteiger partial charge >= 0.3 is 5.97 Å². The number of carbonyl (C=O) groups is 1. The lowest BCUT2D eigenvalue weighted by molar-refractivity contribution is -0.147. The first-order valence-electron chi connectivity index (χ1n) is 3.32. The van der Waals surface area contributed by atoms with Crippen molar-refractivity contribution in [1.82, 2.24) is 0 Å². The van der Waals surface area contributed by atoms with E-state index in [0.717, 1.165) is 0 Å². The van der Waals surface area contributed by atoms with Gasteiger partial charge in [0, 0.05) is 0 Å². The Labute approximate surface area is 60.7 Å². The first-order valence-corrected chi connectivity index (χ1v) is 3.32. The fourth-order valence-electron chi connectivity index (χ4n) is 0.621. The predicted octanol–water partition coefficient (Wildman–Crippen LogP) is 1.31. The van der Waals surface area contributed by atoms with Crippen molar-refractivity contribution in [2.24, 2.45) is 5.41 Å². The third-order valence-electron chi connectivity index (χ3n) is 1.53. The molecule has 59 valence electrons. The zero-order valence-electron chi connectivity index (χ0n) is 6.39. The van der Waals surface area contributed by atoms with Crippen LogP contribution in [0.2, 0.25) is 0 Å². The highest BCUT2D eigenvalue weighted by Crippen LogP contribution is 2.21. The SMILES string of the molecule is CC(C)(CCC[O])C(=O)O. The molecule has 0 amide bonds. The maximum absolute atomic E-state index is 10.4. The fraction of sp³-hybridized carbons (Fsp3) is 0.857. The molecule has 0 aliphatic carbocycles. The molecule has 0 fully saturated rings. The molecule has 0 atom stereocenters. The standard InChI is InChI=1S/C7H13O3/c1-7(2,6(9)10)4-3-5-8/h3-5H2,1-2H3,(H,9,10). The monoisotopic (exact) mass is 145 g/mol. The van der Waals surface area contributed by atoms with E-state index in [2.05, 4.69) is 0 Å². The van der Waals surface area contributed by atoms with Gasteiger partial charge < -0.3 is 5.11 Å². The van der Waals surface area contributed by atoms with Crippen LogP contribution in [-0.4, -0.2) is 17.7 Å². The van der Waals surface area contributed by atoms with Crippen molar-refractivity contribution in [3.8, 4) is 0 Å². The van der Waals surface area contributed by atoms with E-state index in [9.17, 15) is 9.90 Å². The van der Waals surface area contributed by atoms with Crippen LogP contribution in [0.4, 0.5) is 0 Å². The molecule has 0 heterocycles. The van der Waals surface area contributed by atoms with Gasteiger partial charge in [-0.15, -0.1) is 0 Å². The third kappa shape index (κ3) is 2.82. The third-order valence-corrected chi connectivity index (χ3v) is 1.53. The van der Waals surface area contributed by atoms with Crippen LogP contribution in [0.3, 0.4) is 0 Å². The van der Waals surface area contributed by atoms with Gasteiger partial charge in [0.05, 0.1) is 12.0 Å². The van der Waals surface area contributed by atoms with E-state index in [-0.39, 0.29) is 6.61 Å². The van der Waals surface area contributed by atoms with Gasteiger partial charge in [-0.05, 0) is 26.7 Å². The summed E-state index contributed by atoms with van der Waals surface area (Å²) in [7, 11) is 0. The molecule has 0 saturated carbocycles. The summed E-state index contributed by atoms with van der Waals surface area (Å²) in [4.78, 5) is 10.4. The average molecular weight is 145 g/mol. The second-order valence-electron chi connectivity index (χ2n) is 3.00. The van der Waals surface area contributed by atoms with E-state index in [0.29, 0.717) is 12.8 Å². The second kappa shape index (κ2) is 3.56. The lowest BCUT2D eigenvalue weighted by atomic mass is 9.88. The van der Waals surface area contributed by atoms with Gasteiger partial charge in [0.2, 0.25) is 0 Å². The van der Waals surface area contributed by atoms with Gasteiger partial charge in [-0.25, -0.2) is 5.11 Å². The second-order valence-corrected chi connectivity index (χ2v) is 3.00. The molecule has 0 aromatic rings. The molecular weight excluding hydrogens is 132 g/mol. The maximum Gasteiger partial charge on any atom is 0.309 e. The van der Waals surface area contributed by atoms with Gasteiger partial charge in [-0.1, -0.05) is 0 Å². The summed E-state index contributed by atoms with van der Waals surface area (Å²) >= 11 is 0. The molecule has 3 nitrogen and oxygen atoms in total. The molecule has 0 saturated heterocycles. The van der Waals surface area contributed by atoms with Crippen molar-refractivity contribution in [2.45, 2.75) is 26.7 Å². The van der Waals surface area contributed by atoms with Crippen LogP contribution in [0.25, 0.3) is 0 Å². The van der Waals surface area contributed by atoms with Crippen LogP contribution in [0.15, 0.2) is 0 Å². The zero-order chi connectivity index (χ0) is 8.20. The summed E-state index contributed by atoms with van der Waals surface area (Å²) in [5.41, 5.74) is -0.732. The van der Waals surface area contributed by atoms with E-state index in [1.807, 2.05) is 0 Å². The van der Waals surface area contributed by atoms with Crippen LogP contribution in [0.5, 0.6) is 0 Å². The van der Waals surface area contributed by atoms with Crippen molar-refractivity contribution < 1.29 is 15.0 Å². The van der Waals surface area contributed by atoms with E-state index in [4.69, 9.17) is 5.11 Å². The Balaban J connectivity index is 3.75. The Bertz CT molecular complexity index is 118. The zero-order valence-corrected chi connectivity index (χ0v) is 6.39. The molecule has 0 aromatic carbocycles. The number of hydrogen-bond donors (Lipinski definition) is 1. The van der Waals surface area contributed by atoms with Crippen LogP contribution in [0.1, 0.15) is 26.7 Å². The summed E-state index contributed by atoms with van der Waals surface area (Å²) < 4.78 is 0. The molecule has 0 rings (SSSR count). The van der Waals surface area contributed by atoms with Crippen LogP contribution in [0, 0.1) is 5.41 Å². The molecule has 1 radical (unpaired) electrons. The molecule has 10 heavy (non-hydrogen) atoms. The molecular formula is C7H13O3. The van der Waals surface area contributed by atoms with Crippen molar-refractivity contribution in [2.75, 3.05) is 6.61 Å². The summed E-state index contributed by atoms with van der Waals surface area (Å²) in [6.07, 6.45) is 0.908. The quantitative estimate of drug-likeness (QED) is 0.648. The van der Waals surface area contributed by atoms with Crippen molar-refractivity contribution in [1.29, 1.82) is 0 Å². The number of carboxylic acids is 1. The summed E-state index contributed by atoms with van der Waals surface area (Å²) in [6, 6.07) is 0. The van der Waals surface area contributed by atoms with Gasteiger partial charge in [0.1, 0.15) is 0 Å². The summed E-state index contributed by atoms with van der Waals surface area (Å²) in [6.45, 7) is 3.08. The lowest BCUT2D eigenvalue weighted by Gasteiger charge is -2.17. The molecule has 0 aromatic heterocycles. The van der Waals surface area contributed by atoms with Crippen molar-refractivity contribution in [3.63, 3.8) is 0 Å². The Hall–Kier alpha value is -0.570. The minimum Gasteiger partial charge on any atom is -0.481 e. The number of hydrogen-bond acceptors (Lipinski definition) is 1. The van der Waals surface area contributed by atoms with Crippen LogP contribution < -0.4 is 0 Å². The van der Waals surface area contributed by atoms with Crippen molar-refractivity contribution >= 4 is 5.97 Å². The highest BCUT2D eigenvalue weighted by atomic mass is 16.4. The fourth-order valence-corrected chi connectivity index (χ4v) is 0.621. The highest BCUT2D eigenvalue weighted by molar-refractivity contribution is 5.73. The van der Waals surface area contributed by atoms with E-state index in [1.165, 1.54) is 0 Å². The molecule has 1 N–H and O–H groups in total. The minimum absolute atomic E-state index is 0.184. The van der Waals surface area contributed by atoms with E-state index in [1.54, 1.807) is 13.8 Å².